The monoisotopic (exact) mass is 334 g/mol. The van der Waals surface area contributed by atoms with Crippen molar-refractivity contribution in [1.29, 1.82) is 0 Å². The van der Waals surface area contributed by atoms with Crippen LogP contribution in [-0.2, 0) is 14.8 Å². The number of ether oxygens (including phenoxy) is 1. The van der Waals surface area contributed by atoms with E-state index in [1.54, 1.807) is 24.3 Å². The molecular formula is C13H19ClN2O4S. The molecule has 1 amide bonds. The molecule has 0 aliphatic rings. The number of methoxy groups -OCH3 is 1. The maximum absolute atomic E-state index is 12.0. The maximum atomic E-state index is 12.0. The summed E-state index contributed by atoms with van der Waals surface area (Å²) in [6, 6.07) is 6.43. The quantitative estimate of drug-likeness (QED) is 0.528. The van der Waals surface area contributed by atoms with E-state index in [4.69, 9.17) is 16.3 Å². The normalized spacial score (nSPS) is 11.1. The van der Waals surface area contributed by atoms with Crippen LogP contribution in [0.1, 0.15) is 16.8 Å². The summed E-state index contributed by atoms with van der Waals surface area (Å²) in [7, 11) is -1.98. The van der Waals surface area contributed by atoms with E-state index in [1.165, 1.54) is 7.11 Å². The molecule has 0 aliphatic carbocycles. The molecular weight excluding hydrogens is 316 g/mol. The topological polar surface area (TPSA) is 84.5 Å². The predicted octanol–water partition coefficient (Wildman–Crippen LogP) is 1.43. The summed E-state index contributed by atoms with van der Waals surface area (Å²) in [6.45, 7) is 0.734. The van der Waals surface area contributed by atoms with Gasteiger partial charge >= 0.3 is 0 Å². The first-order valence-corrected chi connectivity index (χ1v) is 8.61. The van der Waals surface area contributed by atoms with E-state index in [9.17, 15) is 13.2 Å². The summed E-state index contributed by atoms with van der Waals surface area (Å²) in [6.07, 6.45) is 0.346. The Morgan fingerprint density at radius 1 is 1.33 bits per heavy atom. The van der Waals surface area contributed by atoms with Crippen molar-refractivity contribution in [1.82, 2.24) is 5.32 Å². The Labute approximate surface area is 129 Å². The third-order valence-electron chi connectivity index (χ3n) is 2.58. The standard InChI is InChI=1S/C13H19ClN2O4S/c1-20-9-8-15-13(17)11-5-2-3-6-12(11)16-21(18,19)10-4-7-14/h2-3,5-6,16H,4,7-10H2,1H3,(H,15,17). The number of rotatable bonds is 9. The van der Waals surface area contributed by atoms with Crippen molar-refractivity contribution in [2.45, 2.75) is 6.42 Å². The summed E-state index contributed by atoms with van der Waals surface area (Å²) in [4.78, 5) is 12.0. The van der Waals surface area contributed by atoms with Crippen molar-refractivity contribution in [3.05, 3.63) is 29.8 Å². The predicted molar refractivity (Wildman–Crippen MR) is 83.4 cm³/mol. The molecule has 0 saturated heterocycles. The minimum absolute atomic E-state index is 0.0872. The minimum Gasteiger partial charge on any atom is -0.383 e. The number of alkyl halides is 1. The van der Waals surface area contributed by atoms with E-state index in [0.29, 0.717) is 19.6 Å². The number of anilines is 1. The van der Waals surface area contributed by atoms with Crippen LogP contribution in [0.4, 0.5) is 5.69 Å². The van der Waals surface area contributed by atoms with E-state index >= 15 is 0 Å². The lowest BCUT2D eigenvalue weighted by Crippen LogP contribution is -2.28. The summed E-state index contributed by atoms with van der Waals surface area (Å²) in [5.74, 6) is -0.182. The number of para-hydroxylation sites is 1. The Morgan fingerprint density at radius 2 is 2.05 bits per heavy atom. The van der Waals surface area contributed by atoms with Gasteiger partial charge in [0.05, 0.1) is 23.6 Å². The average molecular weight is 335 g/mol. The molecule has 0 fully saturated rings. The summed E-state index contributed by atoms with van der Waals surface area (Å²) in [5, 5.41) is 2.65. The highest BCUT2D eigenvalue weighted by Crippen LogP contribution is 2.17. The molecule has 0 saturated carbocycles. The van der Waals surface area contributed by atoms with Gasteiger partial charge in [0.2, 0.25) is 10.0 Å². The van der Waals surface area contributed by atoms with Gasteiger partial charge in [-0.15, -0.1) is 11.6 Å². The zero-order chi connectivity index (χ0) is 15.7. The van der Waals surface area contributed by atoms with Crippen LogP contribution in [0.3, 0.4) is 0 Å². The van der Waals surface area contributed by atoms with E-state index in [1.807, 2.05) is 0 Å². The van der Waals surface area contributed by atoms with Crippen molar-refractivity contribution >= 4 is 33.2 Å². The largest absolute Gasteiger partial charge is 0.383 e. The zero-order valence-corrected chi connectivity index (χ0v) is 13.3. The second-order valence-corrected chi connectivity index (χ2v) is 6.48. The number of carbonyl (C=O) groups excluding carboxylic acids is 1. The molecule has 0 unspecified atom stereocenters. The smallest absolute Gasteiger partial charge is 0.253 e. The highest BCUT2D eigenvalue weighted by atomic mass is 35.5. The fraction of sp³-hybridized carbons (Fsp3) is 0.462. The van der Waals surface area contributed by atoms with Crippen molar-refractivity contribution in [2.24, 2.45) is 0 Å². The first-order chi connectivity index (χ1) is 10.00. The van der Waals surface area contributed by atoms with E-state index in [2.05, 4.69) is 10.0 Å². The number of benzene rings is 1. The molecule has 0 radical (unpaired) electrons. The maximum Gasteiger partial charge on any atom is 0.253 e. The fourth-order valence-electron chi connectivity index (χ4n) is 1.60. The Balaban J connectivity index is 2.82. The van der Waals surface area contributed by atoms with Gasteiger partial charge in [0.25, 0.3) is 5.91 Å². The van der Waals surface area contributed by atoms with Crippen LogP contribution in [0.15, 0.2) is 24.3 Å². The summed E-state index contributed by atoms with van der Waals surface area (Å²) in [5.41, 5.74) is 0.519. The molecule has 21 heavy (non-hydrogen) atoms. The van der Waals surface area contributed by atoms with Crippen LogP contribution in [0.5, 0.6) is 0 Å². The van der Waals surface area contributed by atoms with Crippen LogP contribution >= 0.6 is 11.6 Å². The number of nitrogens with one attached hydrogen (secondary N) is 2. The van der Waals surface area contributed by atoms with Gasteiger partial charge in [-0.1, -0.05) is 12.1 Å². The highest BCUT2D eigenvalue weighted by molar-refractivity contribution is 7.92. The number of sulfonamides is 1. The molecule has 0 atom stereocenters. The van der Waals surface area contributed by atoms with Crippen LogP contribution in [-0.4, -0.2) is 46.2 Å². The summed E-state index contributed by atoms with van der Waals surface area (Å²) >= 11 is 5.50. The Bertz CT molecular complexity index is 563. The van der Waals surface area contributed by atoms with Crippen LogP contribution in [0.25, 0.3) is 0 Å². The fourth-order valence-corrected chi connectivity index (χ4v) is 3.03. The van der Waals surface area contributed by atoms with Gasteiger partial charge in [0, 0.05) is 19.5 Å². The molecule has 2 N–H and O–H groups in total. The Morgan fingerprint density at radius 3 is 2.71 bits per heavy atom. The molecule has 1 aromatic carbocycles. The van der Waals surface area contributed by atoms with Gasteiger partial charge in [-0.2, -0.15) is 0 Å². The molecule has 1 aromatic rings. The van der Waals surface area contributed by atoms with Crippen LogP contribution < -0.4 is 10.0 Å². The van der Waals surface area contributed by atoms with E-state index in [0.717, 1.165) is 0 Å². The van der Waals surface area contributed by atoms with E-state index in [-0.39, 0.29) is 28.8 Å². The SMILES string of the molecule is COCCNC(=O)c1ccccc1NS(=O)(=O)CCCCl. The molecule has 118 valence electrons. The third kappa shape index (κ3) is 6.33. The second-order valence-electron chi connectivity index (χ2n) is 4.26. The number of amides is 1. The minimum atomic E-state index is -3.52. The highest BCUT2D eigenvalue weighted by Gasteiger charge is 2.15. The van der Waals surface area contributed by atoms with Gasteiger partial charge in [-0.3, -0.25) is 9.52 Å². The van der Waals surface area contributed by atoms with Gasteiger partial charge in [0.1, 0.15) is 0 Å². The van der Waals surface area contributed by atoms with Crippen LogP contribution in [0.2, 0.25) is 0 Å². The second kappa shape index (κ2) is 8.86. The van der Waals surface area contributed by atoms with Crippen LogP contribution in [0, 0.1) is 0 Å². The number of hydrogen-bond acceptors (Lipinski definition) is 4. The molecule has 1 rings (SSSR count). The Hall–Kier alpha value is -1.31. The van der Waals surface area contributed by atoms with Crippen molar-refractivity contribution in [3.8, 4) is 0 Å². The van der Waals surface area contributed by atoms with Crippen molar-refractivity contribution in [2.75, 3.05) is 36.6 Å². The summed E-state index contributed by atoms with van der Waals surface area (Å²) < 4.78 is 31.0. The molecule has 0 heterocycles. The van der Waals surface area contributed by atoms with Gasteiger partial charge in [-0.25, -0.2) is 8.42 Å². The lowest BCUT2D eigenvalue weighted by Gasteiger charge is -2.12. The van der Waals surface area contributed by atoms with Crippen molar-refractivity contribution < 1.29 is 17.9 Å². The number of hydrogen-bond donors (Lipinski definition) is 2. The molecule has 0 bridgehead atoms. The molecule has 0 spiro atoms. The first-order valence-electron chi connectivity index (χ1n) is 6.43. The lowest BCUT2D eigenvalue weighted by atomic mass is 10.2. The number of halogens is 1. The van der Waals surface area contributed by atoms with Gasteiger partial charge in [0.15, 0.2) is 0 Å². The van der Waals surface area contributed by atoms with Gasteiger partial charge < -0.3 is 10.1 Å². The van der Waals surface area contributed by atoms with E-state index < -0.39 is 10.0 Å². The molecule has 6 nitrogen and oxygen atoms in total. The Kier molecular flexibility index (Phi) is 7.49. The average Bonchev–Trinajstić information content (AvgIpc) is 2.45. The lowest BCUT2D eigenvalue weighted by molar-refractivity contribution is 0.0938. The molecule has 0 aromatic heterocycles. The molecule has 0 aliphatic heterocycles. The van der Waals surface area contributed by atoms with Gasteiger partial charge in [-0.05, 0) is 18.6 Å². The third-order valence-corrected chi connectivity index (χ3v) is 4.20. The number of carbonyl (C=O) groups is 1. The zero-order valence-electron chi connectivity index (χ0n) is 11.8. The van der Waals surface area contributed by atoms with Crippen molar-refractivity contribution in [3.63, 3.8) is 0 Å². The molecule has 8 heteroatoms. The first kappa shape index (κ1) is 17.7.